The highest BCUT2D eigenvalue weighted by molar-refractivity contribution is 6.30. The number of nitrogens with one attached hydrogen (secondary N) is 1. The zero-order chi connectivity index (χ0) is 17.7. The van der Waals surface area contributed by atoms with Crippen LogP contribution in [0.2, 0.25) is 5.02 Å². The first-order valence-corrected chi connectivity index (χ1v) is 8.80. The molecule has 2 aromatic heterocycles. The second-order valence-corrected chi connectivity index (χ2v) is 6.90. The quantitative estimate of drug-likeness (QED) is 0.585. The molecule has 5 rings (SSSR count). The third-order valence-electron chi connectivity index (χ3n) is 4.85. The Balaban J connectivity index is 1.66. The largest absolute Gasteiger partial charge is 0.371 e. The predicted octanol–water partition coefficient (Wildman–Crippen LogP) is 3.90. The highest BCUT2D eigenvalue weighted by Crippen LogP contribution is 2.32. The Kier molecular flexibility index (Phi) is 3.55. The average molecular weight is 366 g/mol. The number of hydrogen-bond acceptors (Lipinski definition) is 4. The van der Waals surface area contributed by atoms with E-state index in [0.717, 1.165) is 44.4 Å². The second-order valence-electron chi connectivity index (χ2n) is 6.46. The fourth-order valence-electron chi connectivity index (χ4n) is 3.50. The summed E-state index contributed by atoms with van der Waals surface area (Å²) in [4.78, 5) is 0. The van der Waals surface area contributed by atoms with Crippen molar-refractivity contribution in [1.29, 1.82) is 0 Å². The van der Waals surface area contributed by atoms with Gasteiger partial charge in [0.1, 0.15) is 6.61 Å². The van der Waals surface area contributed by atoms with Crippen molar-refractivity contribution < 1.29 is 4.74 Å². The van der Waals surface area contributed by atoms with E-state index in [1.165, 1.54) is 0 Å². The molecule has 0 bridgehead atoms. The third kappa shape index (κ3) is 2.41. The Morgan fingerprint density at radius 3 is 2.85 bits per heavy atom. The maximum Gasteiger partial charge on any atom is 0.164 e. The fraction of sp³-hybridized carbons (Fsp3) is 0.211. The maximum atomic E-state index is 6.04. The molecule has 1 aliphatic rings. The molecule has 0 radical (unpaired) electrons. The van der Waals surface area contributed by atoms with Gasteiger partial charge in [-0.25, -0.2) is 0 Å². The SMILES string of the molecule is Cc1n[nH]c2ccc(-c3nnc4n3[C@@H](c3ccc(Cl)cc3)COC4)cc12. The summed E-state index contributed by atoms with van der Waals surface area (Å²) >= 11 is 6.04. The normalized spacial score (nSPS) is 16.8. The topological polar surface area (TPSA) is 68.6 Å². The lowest BCUT2D eigenvalue weighted by Crippen LogP contribution is -2.25. The van der Waals surface area contributed by atoms with Crippen LogP contribution in [0.15, 0.2) is 42.5 Å². The van der Waals surface area contributed by atoms with Gasteiger partial charge in [0.15, 0.2) is 11.6 Å². The van der Waals surface area contributed by atoms with Crippen molar-refractivity contribution in [2.24, 2.45) is 0 Å². The zero-order valence-electron chi connectivity index (χ0n) is 14.1. The van der Waals surface area contributed by atoms with Gasteiger partial charge >= 0.3 is 0 Å². The monoisotopic (exact) mass is 365 g/mol. The molecule has 1 aliphatic heterocycles. The molecule has 0 unspecified atom stereocenters. The summed E-state index contributed by atoms with van der Waals surface area (Å²) in [7, 11) is 0. The van der Waals surface area contributed by atoms with Crippen LogP contribution in [0, 0.1) is 6.92 Å². The molecule has 26 heavy (non-hydrogen) atoms. The van der Waals surface area contributed by atoms with E-state index in [9.17, 15) is 0 Å². The molecule has 0 saturated carbocycles. The van der Waals surface area contributed by atoms with Crippen LogP contribution >= 0.6 is 11.6 Å². The van der Waals surface area contributed by atoms with Gasteiger partial charge in [0, 0.05) is 16.0 Å². The standard InChI is InChI=1S/C19H16ClN5O/c1-11-15-8-13(4-7-16(15)22-21-11)19-24-23-18-10-26-9-17(25(18)19)12-2-5-14(20)6-3-12/h2-8,17H,9-10H2,1H3,(H,21,22)/t17-/m1/s1. The maximum absolute atomic E-state index is 6.04. The van der Waals surface area contributed by atoms with E-state index in [1.807, 2.05) is 43.3 Å². The van der Waals surface area contributed by atoms with E-state index in [0.29, 0.717) is 13.2 Å². The van der Waals surface area contributed by atoms with Crippen molar-refractivity contribution in [3.8, 4) is 11.4 Å². The van der Waals surface area contributed by atoms with Crippen molar-refractivity contribution in [2.75, 3.05) is 6.61 Å². The Bertz CT molecular complexity index is 1100. The van der Waals surface area contributed by atoms with E-state index in [-0.39, 0.29) is 6.04 Å². The molecule has 0 aliphatic carbocycles. The van der Waals surface area contributed by atoms with Crippen molar-refractivity contribution in [3.05, 3.63) is 64.6 Å². The molecule has 0 amide bonds. The Morgan fingerprint density at radius 2 is 2.00 bits per heavy atom. The number of ether oxygens (including phenoxy) is 1. The molecular formula is C19H16ClN5O. The molecule has 1 N–H and O–H groups in total. The Hall–Kier alpha value is -2.70. The lowest BCUT2D eigenvalue weighted by Gasteiger charge is -2.26. The van der Waals surface area contributed by atoms with Crippen molar-refractivity contribution in [3.63, 3.8) is 0 Å². The van der Waals surface area contributed by atoms with Crippen LogP contribution in [-0.4, -0.2) is 31.6 Å². The van der Waals surface area contributed by atoms with E-state index in [4.69, 9.17) is 16.3 Å². The number of aromatic nitrogens is 5. The van der Waals surface area contributed by atoms with Gasteiger partial charge in [-0.1, -0.05) is 23.7 Å². The van der Waals surface area contributed by atoms with Crippen LogP contribution in [0.4, 0.5) is 0 Å². The molecule has 7 heteroatoms. The number of halogens is 1. The van der Waals surface area contributed by atoms with Gasteiger partial charge < -0.3 is 4.74 Å². The average Bonchev–Trinajstić information content (AvgIpc) is 3.26. The number of hydrogen-bond donors (Lipinski definition) is 1. The number of aromatic amines is 1. The molecule has 4 aromatic rings. The Labute approximate surface area is 154 Å². The lowest BCUT2D eigenvalue weighted by molar-refractivity contribution is 0.0668. The van der Waals surface area contributed by atoms with Crippen LogP contribution in [0.5, 0.6) is 0 Å². The summed E-state index contributed by atoms with van der Waals surface area (Å²) in [6.45, 7) is 3.03. The molecule has 6 nitrogen and oxygen atoms in total. The minimum Gasteiger partial charge on any atom is -0.371 e. The second kappa shape index (κ2) is 5.93. The van der Waals surface area contributed by atoms with Crippen LogP contribution in [0.25, 0.3) is 22.3 Å². The molecule has 3 heterocycles. The molecule has 0 spiro atoms. The van der Waals surface area contributed by atoms with Crippen molar-refractivity contribution in [2.45, 2.75) is 19.6 Å². The van der Waals surface area contributed by atoms with Gasteiger partial charge in [0.05, 0.1) is 23.9 Å². The summed E-state index contributed by atoms with van der Waals surface area (Å²) in [6.07, 6.45) is 0. The highest BCUT2D eigenvalue weighted by Gasteiger charge is 2.27. The molecular weight excluding hydrogens is 350 g/mol. The highest BCUT2D eigenvalue weighted by atomic mass is 35.5. The molecule has 130 valence electrons. The lowest BCUT2D eigenvalue weighted by atomic mass is 10.0. The summed E-state index contributed by atoms with van der Waals surface area (Å²) in [5.74, 6) is 1.67. The van der Waals surface area contributed by atoms with E-state index in [2.05, 4.69) is 31.0 Å². The molecule has 1 atom stereocenters. The zero-order valence-corrected chi connectivity index (χ0v) is 14.9. The van der Waals surface area contributed by atoms with Crippen LogP contribution in [0.3, 0.4) is 0 Å². The number of benzene rings is 2. The minimum absolute atomic E-state index is 0.0159. The minimum atomic E-state index is 0.0159. The van der Waals surface area contributed by atoms with Crippen molar-refractivity contribution >= 4 is 22.5 Å². The third-order valence-corrected chi connectivity index (χ3v) is 5.10. The number of nitrogens with zero attached hydrogens (tertiary/aromatic N) is 4. The van der Waals surface area contributed by atoms with Gasteiger partial charge in [0.25, 0.3) is 0 Å². The van der Waals surface area contributed by atoms with Gasteiger partial charge in [-0.05, 0) is 42.8 Å². The number of H-pyrrole nitrogens is 1. The summed E-state index contributed by atoms with van der Waals surface area (Å²) in [5.41, 5.74) is 4.12. The number of aryl methyl sites for hydroxylation is 1. The summed E-state index contributed by atoms with van der Waals surface area (Å²) in [6, 6.07) is 14.1. The van der Waals surface area contributed by atoms with E-state index >= 15 is 0 Å². The first kappa shape index (κ1) is 15.5. The van der Waals surface area contributed by atoms with Crippen LogP contribution in [0.1, 0.15) is 23.1 Å². The first-order valence-electron chi connectivity index (χ1n) is 8.43. The molecule has 0 saturated heterocycles. The van der Waals surface area contributed by atoms with Gasteiger partial charge in [-0.3, -0.25) is 9.67 Å². The number of rotatable bonds is 2. The molecule has 2 aromatic carbocycles. The summed E-state index contributed by atoms with van der Waals surface area (Å²) < 4.78 is 7.92. The first-order chi connectivity index (χ1) is 12.7. The van der Waals surface area contributed by atoms with Crippen LogP contribution < -0.4 is 0 Å². The summed E-state index contributed by atoms with van der Waals surface area (Å²) in [5, 5.41) is 17.9. The van der Waals surface area contributed by atoms with Gasteiger partial charge in [-0.15, -0.1) is 10.2 Å². The van der Waals surface area contributed by atoms with Gasteiger partial charge in [0.2, 0.25) is 0 Å². The van der Waals surface area contributed by atoms with E-state index < -0.39 is 0 Å². The van der Waals surface area contributed by atoms with Gasteiger partial charge in [-0.2, -0.15) is 5.10 Å². The molecule has 0 fully saturated rings. The van der Waals surface area contributed by atoms with Crippen molar-refractivity contribution in [1.82, 2.24) is 25.0 Å². The van der Waals surface area contributed by atoms with Crippen LogP contribution in [-0.2, 0) is 11.3 Å². The smallest absolute Gasteiger partial charge is 0.164 e. The fourth-order valence-corrected chi connectivity index (χ4v) is 3.62. The number of fused-ring (bicyclic) bond motifs is 2. The Morgan fingerprint density at radius 1 is 1.15 bits per heavy atom. The predicted molar refractivity (Wildman–Crippen MR) is 99.1 cm³/mol. The van der Waals surface area contributed by atoms with E-state index in [1.54, 1.807) is 0 Å².